The maximum Gasteiger partial charge on any atom is 0.314 e. The van der Waals surface area contributed by atoms with Crippen molar-refractivity contribution in [2.75, 3.05) is 0 Å². The third-order valence-corrected chi connectivity index (χ3v) is 4.76. The van der Waals surface area contributed by atoms with Gasteiger partial charge in [-0.2, -0.15) is 0 Å². The van der Waals surface area contributed by atoms with E-state index in [1.807, 2.05) is 30.3 Å². The summed E-state index contributed by atoms with van der Waals surface area (Å²) in [5, 5.41) is 10.8. The average molecular weight is 409 g/mol. The van der Waals surface area contributed by atoms with Crippen LogP contribution in [0.15, 0.2) is 73.1 Å². The van der Waals surface area contributed by atoms with E-state index in [2.05, 4.69) is 4.98 Å². The first-order chi connectivity index (χ1) is 14.4. The lowest BCUT2D eigenvalue weighted by atomic mass is 9.82. The predicted molar refractivity (Wildman–Crippen MR) is 110 cm³/mol. The molecule has 1 heterocycles. The number of pyridine rings is 1. The second kappa shape index (κ2) is 9.50. The standard InChI is InChI=1S/C24H24FNO4/c1-24(2,23(28)30-16-18-11-20(25)14-26-13-18)22(27)19-9-6-10-21(12-19)29-15-17-7-4-3-5-8-17/h3-14,22,27H,15-16H2,1-2H3. The highest BCUT2D eigenvalue weighted by Gasteiger charge is 2.38. The van der Waals surface area contributed by atoms with E-state index in [-0.39, 0.29) is 6.61 Å². The number of aromatic nitrogens is 1. The normalized spacial score (nSPS) is 12.3. The molecule has 1 atom stereocenters. The van der Waals surface area contributed by atoms with Crippen molar-refractivity contribution in [2.24, 2.45) is 5.41 Å². The van der Waals surface area contributed by atoms with Crippen LogP contribution in [0.2, 0.25) is 0 Å². The summed E-state index contributed by atoms with van der Waals surface area (Å²) in [6, 6.07) is 18.0. The fourth-order valence-electron chi connectivity index (χ4n) is 2.91. The molecular formula is C24H24FNO4. The first kappa shape index (κ1) is 21.5. The molecule has 2 aromatic carbocycles. The topological polar surface area (TPSA) is 68.7 Å². The van der Waals surface area contributed by atoms with E-state index in [0.29, 0.717) is 23.5 Å². The van der Waals surface area contributed by atoms with E-state index in [0.717, 1.165) is 11.8 Å². The van der Waals surface area contributed by atoms with Gasteiger partial charge in [-0.3, -0.25) is 9.78 Å². The molecule has 0 aliphatic carbocycles. The van der Waals surface area contributed by atoms with Crippen molar-refractivity contribution in [1.29, 1.82) is 0 Å². The highest BCUT2D eigenvalue weighted by molar-refractivity contribution is 5.77. The van der Waals surface area contributed by atoms with Gasteiger partial charge in [-0.15, -0.1) is 0 Å². The third-order valence-electron chi connectivity index (χ3n) is 4.76. The number of carbonyl (C=O) groups excluding carboxylic acids is 1. The molecule has 0 radical (unpaired) electrons. The minimum Gasteiger partial charge on any atom is -0.489 e. The van der Waals surface area contributed by atoms with Crippen molar-refractivity contribution in [3.05, 3.63) is 95.6 Å². The molecule has 0 fully saturated rings. The molecule has 0 aliphatic rings. The van der Waals surface area contributed by atoms with Crippen LogP contribution in [0.25, 0.3) is 0 Å². The van der Waals surface area contributed by atoms with Gasteiger partial charge in [0.1, 0.15) is 24.8 Å². The fourth-order valence-corrected chi connectivity index (χ4v) is 2.91. The molecule has 0 bridgehead atoms. The maximum atomic E-state index is 13.2. The molecule has 0 saturated carbocycles. The summed E-state index contributed by atoms with van der Waals surface area (Å²) in [6.07, 6.45) is 1.38. The van der Waals surface area contributed by atoms with Crippen molar-refractivity contribution in [1.82, 2.24) is 4.98 Å². The Labute approximate surface area is 175 Å². The van der Waals surface area contributed by atoms with Crippen LogP contribution in [-0.4, -0.2) is 16.1 Å². The molecule has 0 amide bonds. The number of aliphatic hydroxyl groups is 1. The lowest BCUT2D eigenvalue weighted by molar-refractivity contribution is -0.162. The SMILES string of the molecule is CC(C)(C(=O)OCc1cncc(F)c1)C(O)c1cccc(OCc2ccccc2)c1. The maximum absolute atomic E-state index is 13.2. The van der Waals surface area contributed by atoms with Crippen LogP contribution in [-0.2, 0) is 22.7 Å². The summed E-state index contributed by atoms with van der Waals surface area (Å²) in [7, 11) is 0. The van der Waals surface area contributed by atoms with Gasteiger partial charge in [-0.25, -0.2) is 4.39 Å². The quantitative estimate of drug-likeness (QED) is 0.551. The van der Waals surface area contributed by atoms with Crippen LogP contribution >= 0.6 is 0 Å². The Morgan fingerprint density at radius 3 is 2.53 bits per heavy atom. The molecule has 6 heteroatoms. The summed E-state index contributed by atoms with van der Waals surface area (Å²) < 4.78 is 24.3. The molecule has 30 heavy (non-hydrogen) atoms. The number of esters is 1. The molecule has 0 spiro atoms. The van der Waals surface area contributed by atoms with Gasteiger partial charge in [0, 0.05) is 11.8 Å². The van der Waals surface area contributed by atoms with Gasteiger partial charge in [0.15, 0.2) is 0 Å². The Balaban J connectivity index is 1.64. The highest BCUT2D eigenvalue weighted by atomic mass is 19.1. The number of hydrogen-bond acceptors (Lipinski definition) is 5. The summed E-state index contributed by atoms with van der Waals surface area (Å²) in [5.74, 6) is -0.518. The molecule has 156 valence electrons. The second-order valence-electron chi connectivity index (χ2n) is 7.56. The van der Waals surface area contributed by atoms with E-state index in [9.17, 15) is 14.3 Å². The monoisotopic (exact) mass is 409 g/mol. The summed E-state index contributed by atoms with van der Waals surface area (Å²) >= 11 is 0. The van der Waals surface area contributed by atoms with Crippen LogP contribution in [0.1, 0.15) is 36.6 Å². The Morgan fingerprint density at radius 2 is 1.80 bits per heavy atom. The molecule has 1 aromatic heterocycles. The average Bonchev–Trinajstić information content (AvgIpc) is 2.76. The van der Waals surface area contributed by atoms with E-state index in [4.69, 9.17) is 9.47 Å². The first-order valence-corrected chi connectivity index (χ1v) is 9.57. The van der Waals surface area contributed by atoms with Gasteiger partial charge < -0.3 is 14.6 Å². The Kier molecular flexibility index (Phi) is 6.79. The number of nitrogens with zero attached hydrogens (tertiary/aromatic N) is 1. The smallest absolute Gasteiger partial charge is 0.314 e. The van der Waals surface area contributed by atoms with Gasteiger partial charge in [0.05, 0.1) is 17.7 Å². The van der Waals surface area contributed by atoms with E-state index in [1.165, 1.54) is 12.3 Å². The zero-order chi connectivity index (χ0) is 21.6. The van der Waals surface area contributed by atoms with Crippen molar-refractivity contribution >= 4 is 5.97 Å². The van der Waals surface area contributed by atoms with Crippen LogP contribution < -0.4 is 4.74 Å². The van der Waals surface area contributed by atoms with Gasteiger partial charge in [0.2, 0.25) is 0 Å². The van der Waals surface area contributed by atoms with Crippen molar-refractivity contribution in [2.45, 2.75) is 33.2 Å². The molecule has 3 rings (SSSR count). The van der Waals surface area contributed by atoms with Crippen LogP contribution in [0.3, 0.4) is 0 Å². The number of hydrogen-bond donors (Lipinski definition) is 1. The molecule has 0 saturated heterocycles. The van der Waals surface area contributed by atoms with Crippen molar-refractivity contribution < 1.29 is 23.8 Å². The molecule has 1 unspecified atom stereocenters. The van der Waals surface area contributed by atoms with Crippen LogP contribution in [0, 0.1) is 11.2 Å². The molecule has 5 nitrogen and oxygen atoms in total. The van der Waals surface area contributed by atoms with Gasteiger partial charge in [0.25, 0.3) is 0 Å². The third kappa shape index (κ3) is 5.42. The Bertz CT molecular complexity index is 991. The summed E-state index contributed by atoms with van der Waals surface area (Å²) in [5.41, 5.74) is 0.776. The molecule has 3 aromatic rings. The lowest BCUT2D eigenvalue weighted by Crippen LogP contribution is -2.33. The van der Waals surface area contributed by atoms with Crippen LogP contribution in [0.4, 0.5) is 4.39 Å². The van der Waals surface area contributed by atoms with E-state index in [1.54, 1.807) is 38.1 Å². The lowest BCUT2D eigenvalue weighted by Gasteiger charge is -2.28. The predicted octanol–water partition coefficient (Wildman–Crippen LogP) is 4.60. The molecule has 1 N–H and O–H groups in total. The fraction of sp³-hybridized carbons (Fsp3) is 0.250. The number of halogens is 1. The van der Waals surface area contributed by atoms with Crippen molar-refractivity contribution in [3.8, 4) is 5.75 Å². The second-order valence-corrected chi connectivity index (χ2v) is 7.56. The first-order valence-electron chi connectivity index (χ1n) is 9.57. The minimum atomic E-state index is -1.22. The van der Waals surface area contributed by atoms with Crippen molar-refractivity contribution in [3.63, 3.8) is 0 Å². The number of benzene rings is 2. The van der Waals surface area contributed by atoms with Gasteiger partial charge in [-0.05, 0) is 43.2 Å². The number of carbonyl (C=O) groups is 1. The van der Waals surface area contributed by atoms with E-state index < -0.39 is 23.3 Å². The largest absolute Gasteiger partial charge is 0.489 e. The van der Waals surface area contributed by atoms with E-state index >= 15 is 0 Å². The Morgan fingerprint density at radius 1 is 1.03 bits per heavy atom. The van der Waals surface area contributed by atoms with Gasteiger partial charge in [-0.1, -0.05) is 42.5 Å². The summed E-state index contributed by atoms with van der Waals surface area (Å²) in [4.78, 5) is 16.3. The molecule has 0 aliphatic heterocycles. The number of ether oxygens (including phenoxy) is 2. The number of aliphatic hydroxyl groups excluding tert-OH is 1. The van der Waals surface area contributed by atoms with Crippen LogP contribution in [0.5, 0.6) is 5.75 Å². The zero-order valence-electron chi connectivity index (χ0n) is 16.9. The Hall–Kier alpha value is -3.25. The molecular weight excluding hydrogens is 385 g/mol. The highest BCUT2D eigenvalue weighted by Crippen LogP contribution is 2.36. The number of rotatable bonds is 8. The zero-order valence-corrected chi connectivity index (χ0v) is 16.9. The van der Waals surface area contributed by atoms with Gasteiger partial charge >= 0.3 is 5.97 Å². The minimum absolute atomic E-state index is 0.125. The summed E-state index contributed by atoms with van der Waals surface area (Å²) in [6.45, 7) is 3.47.